The van der Waals surface area contributed by atoms with Gasteiger partial charge in [-0.05, 0) is 43.1 Å². The number of benzene rings is 1. The monoisotopic (exact) mass is 271 g/mol. The van der Waals surface area contributed by atoms with E-state index in [4.69, 9.17) is 16.3 Å². The smallest absolute Gasteiger partial charge is 0.125 e. The summed E-state index contributed by atoms with van der Waals surface area (Å²) in [5, 5.41) is 3.77. The molecule has 1 N–H and O–H groups in total. The van der Waals surface area contributed by atoms with Gasteiger partial charge >= 0.3 is 0 Å². The largest absolute Gasteiger partial charge is 0.373 e. The number of rotatable bonds is 4. The van der Waals surface area contributed by atoms with Gasteiger partial charge in [-0.25, -0.2) is 4.39 Å². The molecule has 1 aromatic carbocycles. The fraction of sp³-hybridized carbons (Fsp3) is 0.571. The van der Waals surface area contributed by atoms with Crippen LogP contribution in [0.3, 0.4) is 0 Å². The normalized spacial score (nSPS) is 24.2. The Morgan fingerprint density at radius 3 is 3.00 bits per heavy atom. The van der Waals surface area contributed by atoms with Crippen LogP contribution in [0, 0.1) is 11.7 Å². The maximum atomic E-state index is 13.4. The first-order chi connectivity index (χ1) is 8.70. The summed E-state index contributed by atoms with van der Waals surface area (Å²) in [5.74, 6) is 0.0884. The molecule has 1 fully saturated rings. The maximum absolute atomic E-state index is 13.4. The number of hydrogen-bond acceptors (Lipinski definition) is 2. The highest BCUT2D eigenvalue weighted by molar-refractivity contribution is 6.30. The van der Waals surface area contributed by atoms with Gasteiger partial charge in [0.2, 0.25) is 0 Å². The van der Waals surface area contributed by atoms with Gasteiger partial charge in [-0.3, -0.25) is 0 Å². The van der Waals surface area contributed by atoms with E-state index in [0.717, 1.165) is 38.1 Å². The summed E-state index contributed by atoms with van der Waals surface area (Å²) in [5.41, 5.74) is 0.850. The predicted molar refractivity (Wildman–Crippen MR) is 71.4 cm³/mol. The molecule has 0 saturated carbocycles. The molecule has 0 radical (unpaired) electrons. The van der Waals surface area contributed by atoms with Crippen molar-refractivity contribution in [3.05, 3.63) is 34.6 Å². The summed E-state index contributed by atoms with van der Waals surface area (Å²) in [6.45, 7) is 4.65. The second-order valence-corrected chi connectivity index (χ2v) is 5.14. The van der Waals surface area contributed by atoms with Crippen LogP contribution in [0.5, 0.6) is 0 Å². The van der Waals surface area contributed by atoms with E-state index in [9.17, 15) is 4.39 Å². The van der Waals surface area contributed by atoms with Gasteiger partial charge in [-0.2, -0.15) is 0 Å². The molecule has 0 spiro atoms. The molecular formula is C14H19ClFNO. The number of ether oxygens (including phenoxy) is 1. The van der Waals surface area contributed by atoms with E-state index in [0.29, 0.717) is 10.9 Å². The van der Waals surface area contributed by atoms with Crippen molar-refractivity contribution in [3.63, 3.8) is 0 Å². The van der Waals surface area contributed by atoms with Crippen molar-refractivity contribution >= 4 is 11.6 Å². The Morgan fingerprint density at radius 1 is 1.44 bits per heavy atom. The van der Waals surface area contributed by atoms with Gasteiger partial charge in [-0.15, -0.1) is 0 Å². The lowest BCUT2D eigenvalue weighted by molar-refractivity contribution is -0.0277. The van der Waals surface area contributed by atoms with Crippen molar-refractivity contribution in [2.75, 3.05) is 19.7 Å². The first-order valence-corrected chi connectivity index (χ1v) is 6.87. The summed E-state index contributed by atoms with van der Waals surface area (Å²) in [7, 11) is 0. The molecule has 2 atom stereocenters. The predicted octanol–water partition coefficient (Wildman–Crippen LogP) is 3.56. The molecule has 2 nitrogen and oxygen atoms in total. The molecule has 2 unspecified atom stereocenters. The van der Waals surface area contributed by atoms with E-state index in [-0.39, 0.29) is 11.9 Å². The van der Waals surface area contributed by atoms with Crippen molar-refractivity contribution < 1.29 is 9.13 Å². The molecule has 2 rings (SSSR count). The molecule has 18 heavy (non-hydrogen) atoms. The molecule has 1 aliphatic rings. The fourth-order valence-electron chi connectivity index (χ4n) is 2.49. The third kappa shape index (κ3) is 3.44. The Hall–Kier alpha value is -0.640. The maximum Gasteiger partial charge on any atom is 0.125 e. The summed E-state index contributed by atoms with van der Waals surface area (Å²) in [4.78, 5) is 0. The van der Waals surface area contributed by atoms with Crippen LogP contribution in [0.4, 0.5) is 4.39 Å². The SMILES string of the molecule is CCNCC1CCCOC1c1cc(F)cc(Cl)c1. The highest BCUT2D eigenvalue weighted by Gasteiger charge is 2.27. The topological polar surface area (TPSA) is 21.3 Å². The third-order valence-electron chi connectivity index (χ3n) is 3.31. The van der Waals surface area contributed by atoms with Crippen molar-refractivity contribution in [3.8, 4) is 0 Å². The van der Waals surface area contributed by atoms with Crippen LogP contribution in [-0.4, -0.2) is 19.7 Å². The zero-order chi connectivity index (χ0) is 13.0. The molecule has 0 aliphatic carbocycles. The van der Waals surface area contributed by atoms with Gasteiger partial charge in [0, 0.05) is 24.1 Å². The number of halogens is 2. The molecule has 1 aliphatic heterocycles. The average molecular weight is 272 g/mol. The molecule has 0 aromatic heterocycles. The van der Waals surface area contributed by atoms with Gasteiger partial charge in [0.15, 0.2) is 0 Å². The number of nitrogens with one attached hydrogen (secondary N) is 1. The average Bonchev–Trinajstić information content (AvgIpc) is 2.35. The molecule has 1 aromatic rings. The summed E-state index contributed by atoms with van der Waals surface area (Å²) < 4.78 is 19.2. The van der Waals surface area contributed by atoms with E-state index in [1.165, 1.54) is 12.1 Å². The lowest BCUT2D eigenvalue weighted by Gasteiger charge is -2.32. The van der Waals surface area contributed by atoms with Crippen LogP contribution in [0.25, 0.3) is 0 Å². The van der Waals surface area contributed by atoms with Crippen molar-refractivity contribution in [1.29, 1.82) is 0 Å². The van der Waals surface area contributed by atoms with Gasteiger partial charge in [0.05, 0.1) is 6.10 Å². The lowest BCUT2D eigenvalue weighted by atomic mass is 9.89. The van der Waals surface area contributed by atoms with Crippen LogP contribution >= 0.6 is 11.6 Å². The Kier molecular flexibility index (Phi) is 4.98. The number of hydrogen-bond donors (Lipinski definition) is 1. The molecule has 0 bridgehead atoms. The Balaban J connectivity index is 2.16. The standard InChI is InChI=1S/C14H19ClFNO/c1-2-17-9-10-4-3-5-18-14(10)11-6-12(15)8-13(16)7-11/h6-8,10,14,17H,2-5,9H2,1H3. The van der Waals surface area contributed by atoms with Gasteiger partial charge < -0.3 is 10.1 Å². The van der Waals surface area contributed by atoms with E-state index in [1.807, 2.05) is 0 Å². The third-order valence-corrected chi connectivity index (χ3v) is 3.53. The molecule has 1 saturated heterocycles. The fourth-order valence-corrected chi connectivity index (χ4v) is 2.72. The Labute approximate surface area is 112 Å². The molecule has 1 heterocycles. The van der Waals surface area contributed by atoms with E-state index >= 15 is 0 Å². The van der Waals surface area contributed by atoms with Crippen LogP contribution in [0.2, 0.25) is 5.02 Å². The lowest BCUT2D eigenvalue weighted by Crippen LogP contribution is -2.31. The zero-order valence-electron chi connectivity index (χ0n) is 10.6. The van der Waals surface area contributed by atoms with E-state index in [1.54, 1.807) is 6.07 Å². The van der Waals surface area contributed by atoms with Gasteiger partial charge in [-0.1, -0.05) is 18.5 Å². The summed E-state index contributed by atoms with van der Waals surface area (Å²) in [6, 6.07) is 4.66. The quantitative estimate of drug-likeness (QED) is 0.904. The minimum atomic E-state index is -0.297. The zero-order valence-corrected chi connectivity index (χ0v) is 11.3. The van der Waals surface area contributed by atoms with E-state index < -0.39 is 0 Å². The second-order valence-electron chi connectivity index (χ2n) is 4.70. The Morgan fingerprint density at radius 2 is 2.28 bits per heavy atom. The summed E-state index contributed by atoms with van der Waals surface area (Å²) in [6.07, 6.45) is 2.12. The van der Waals surface area contributed by atoms with Crippen LogP contribution in [0.1, 0.15) is 31.4 Å². The highest BCUT2D eigenvalue weighted by atomic mass is 35.5. The van der Waals surface area contributed by atoms with Crippen LogP contribution in [0.15, 0.2) is 18.2 Å². The van der Waals surface area contributed by atoms with Gasteiger partial charge in [0.25, 0.3) is 0 Å². The molecule has 4 heteroatoms. The van der Waals surface area contributed by atoms with Crippen LogP contribution in [-0.2, 0) is 4.74 Å². The van der Waals surface area contributed by atoms with Crippen molar-refractivity contribution in [1.82, 2.24) is 5.32 Å². The molecular weight excluding hydrogens is 253 g/mol. The van der Waals surface area contributed by atoms with Crippen LogP contribution < -0.4 is 5.32 Å². The highest BCUT2D eigenvalue weighted by Crippen LogP contribution is 2.34. The van der Waals surface area contributed by atoms with E-state index in [2.05, 4.69) is 12.2 Å². The first-order valence-electron chi connectivity index (χ1n) is 6.49. The van der Waals surface area contributed by atoms with Gasteiger partial charge in [0.1, 0.15) is 5.82 Å². The van der Waals surface area contributed by atoms with Crippen molar-refractivity contribution in [2.45, 2.75) is 25.9 Å². The molecule has 100 valence electrons. The summed E-state index contributed by atoms with van der Waals surface area (Å²) >= 11 is 5.91. The minimum Gasteiger partial charge on any atom is -0.373 e. The Bertz CT molecular complexity index is 379. The van der Waals surface area contributed by atoms with Crippen molar-refractivity contribution in [2.24, 2.45) is 5.92 Å². The minimum absolute atomic E-state index is 0.0500. The molecule has 0 amide bonds. The first kappa shape index (κ1) is 13.8. The second kappa shape index (κ2) is 6.50.